The summed E-state index contributed by atoms with van der Waals surface area (Å²) in [5.41, 5.74) is 0. The van der Waals surface area contributed by atoms with E-state index in [1.807, 2.05) is 6.92 Å². The zero-order chi connectivity index (χ0) is 14.4. The van der Waals surface area contributed by atoms with Gasteiger partial charge in [-0.05, 0) is 38.5 Å². The maximum atomic E-state index is 11.8. The summed E-state index contributed by atoms with van der Waals surface area (Å²) >= 11 is 0. The standard InChI is InChI=1S/C14H26N2O3/c1-4-9(2)7-10(3)15-14(19)16-12-6-5-11(8-12)13(17)18/h9-12H,4-8H2,1-3H3,(H,17,18)(H2,15,16,19). The largest absolute Gasteiger partial charge is 0.481 e. The molecule has 1 rings (SSSR count). The molecule has 5 nitrogen and oxygen atoms in total. The molecule has 3 N–H and O–H groups in total. The quantitative estimate of drug-likeness (QED) is 0.693. The molecule has 5 heteroatoms. The van der Waals surface area contributed by atoms with Crippen molar-refractivity contribution in [2.75, 3.05) is 0 Å². The third-order valence-corrected chi connectivity index (χ3v) is 3.95. The monoisotopic (exact) mass is 270 g/mol. The van der Waals surface area contributed by atoms with Crippen LogP contribution < -0.4 is 10.6 Å². The summed E-state index contributed by atoms with van der Waals surface area (Å²) in [6, 6.07) is -0.0321. The molecular weight excluding hydrogens is 244 g/mol. The van der Waals surface area contributed by atoms with Crippen LogP contribution in [0.15, 0.2) is 0 Å². The van der Waals surface area contributed by atoms with Crippen LogP contribution >= 0.6 is 0 Å². The van der Waals surface area contributed by atoms with Gasteiger partial charge >= 0.3 is 12.0 Å². The average molecular weight is 270 g/mol. The van der Waals surface area contributed by atoms with Crippen LogP contribution in [0.1, 0.15) is 52.9 Å². The van der Waals surface area contributed by atoms with Crippen LogP contribution in [0.2, 0.25) is 0 Å². The van der Waals surface area contributed by atoms with Gasteiger partial charge in [-0.2, -0.15) is 0 Å². The molecule has 1 fully saturated rings. The fourth-order valence-electron chi connectivity index (χ4n) is 2.62. The van der Waals surface area contributed by atoms with E-state index in [9.17, 15) is 9.59 Å². The van der Waals surface area contributed by atoms with Gasteiger partial charge in [-0.1, -0.05) is 20.3 Å². The first kappa shape index (κ1) is 15.8. The fraction of sp³-hybridized carbons (Fsp3) is 0.857. The molecule has 0 aromatic rings. The van der Waals surface area contributed by atoms with Gasteiger partial charge in [0.25, 0.3) is 0 Å². The Labute approximate surface area is 115 Å². The Morgan fingerprint density at radius 1 is 1.32 bits per heavy atom. The molecule has 1 aliphatic carbocycles. The predicted molar refractivity (Wildman–Crippen MR) is 74.0 cm³/mol. The van der Waals surface area contributed by atoms with Crippen LogP contribution in [-0.4, -0.2) is 29.2 Å². The Bertz CT molecular complexity index is 320. The normalized spacial score (nSPS) is 25.6. The number of nitrogens with one attached hydrogen (secondary N) is 2. The van der Waals surface area contributed by atoms with E-state index in [2.05, 4.69) is 24.5 Å². The molecule has 0 spiro atoms. The number of rotatable bonds is 6. The summed E-state index contributed by atoms with van der Waals surface area (Å²) in [6.45, 7) is 6.31. The highest BCUT2D eigenvalue weighted by atomic mass is 16.4. The van der Waals surface area contributed by atoms with E-state index in [1.165, 1.54) is 0 Å². The number of carboxylic acids is 1. The van der Waals surface area contributed by atoms with Gasteiger partial charge in [-0.15, -0.1) is 0 Å². The molecule has 110 valence electrons. The van der Waals surface area contributed by atoms with Crippen molar-refractivity contribution in [1.82, 2.24) is 10.6 Å². The van der Waals surface area contributed by atoms with Gasteiger partial charge in [-0.25, -0.2) is 4.79 Å². The van der Waals surface area contributed by atoms with Crippen molar-refractivity contribution in [2.24, 2.45) is 11.8 Å². The maximum absolute atomic E-state index is 11.8. The lowest BCUT2D eigenvalue weighted by molar-refractivity contribution is -0.141. The summed E-state index contributed by atoms with van der Waals surface area (Å²) in [7, 11) is 0. The van der Waals surface area contributed by atoms with Crippen LogP contribution in [0.25, 0.3) is 0 Å². The fourth-order valence-corrected chi connectivity index (χ4v) is 2.62. The van der Waals surface area contributed by atoms with Crippen molar-refractivity contribution in [3.63, 3.8) is 0 Å². The second-order valence-corrected chi connectivity index (χ2v) is 5.81. The van der Waals surface area contributed by atoms with Gasteiger partial charge in [0.1, 0.15) is 0 Å². The Hall–Kier alpha value is -1.26. The SMILES string of the molecule is CCC(C)CC(C)NC(=O)NC1CCC(C(=O)O)C1. The van der Waals surface area contributed by atoms with E-state index < -0.39 is 5.97 Å². The minimum Gasteiger partial charge on any atom is -0.481 e. The first-order valence-electron chi connectivity index (χ1n) is 7.22. The van der Waals surface area contributed by atoms with Crippen LogP contribution in [0.5, 0.6) is 0 Å². The van der Waals surface area contributed by atoms with Crippen molar-refractivity contribution >= 4 is 12.0 Å². The Balaban J connectivity index is 2.26. The maximum Gasteiger partial charge on any atom is 0.315 e. The van der Waals surface area contributed by atoms with Crippen LogP contribution in [0.3, 0.4) is 0 Å². The highest BCUT2D eigenvalue weighted by Gasteiger charge is 2.30. The third kappa shape index (κ3) is 5.49. The summed E-state index contributed by atoms with van der Waals surface area (Å²) < 4.78 is 0. The molecular formula is C14H26N2O3. The zero-order valence-corrected chi connectivity index (χ0v) is 12.1. The van der Waals surface area contributed by atoms with Gasteiger partial charge in [0.05, 0.1) is 5.92 Å². The molecule has 19 heavy (non-hydrogen) atoms. The summed E-state index contributed by atoms with van der Waals surface area (Å²) in [5.74, 6) is -0.462. The molecule has 0 aromatic heterocycles. The Morgan fingerprint density at radius 2 is 2.00 bits per heavy atom. The Kier molecular flexibility index (Phi) is 6.12. The van der Waals surface area contributed by atoms with Crippen molar-refractivity contribution < 1.29 is 14.7 Å². The number of hydrogen-bond donors (Lipinski definition) is 3. The zero-order valence-electron chi connectivity index (χ0n) is 12.1. The first-order valence-corrected chi connectivity index (χ1v) is 7.22. The second-order valence-electron chi connectivity index (χ2n) is 5.81. The molecule has 1 saturated carbocycles. The molecule has 0 radical (unpaired) electrons. The summed E-state index contributed by atoms with van der Waals surface area (Å²) in [6.07, 6.45) is 4.03. The molecule has 0 bridgehead atoms. The molecule has 4 atom stereocenters. The summed E-state index contributed by atoms with van der Waals surface area (Å²) in [5, 5.41) is 14.7. The van der Waals surface area contributed by atoms with Crippen molar-refractivity contribution in [3.05, 3.63) is 0 Å². The molecule has 0 heterocycles. The lowest BCUT2D eigenvalue weighted by Gasteiger charge is -2.20. The second kappa shape index (κ2) is 7.36. The number of urea groups is 1. The number of carboxylic acid groups (broad SMARTS) is 1. The number of carbonyl (C=O) groups excluding carboxylic acids is 1. The van der Waals surface area contributed by atoms with Gasteiger partial charge in [0.15, 0.2) is 0 Å². The summed E-state index contributed by atoms with van der Waals surface area (Å²) in [4.78, 5) is 22.6. The van der Waals surface area contributed by atoms with Crippen LogP contribution in [0.4, 0.5) is 4.79 Å². The van der Waals surface area contributed by atoms with Crippen molar-refractivity contribution in [3.8, 4) is 0 Å². The molecule has 0 saturated heterocycles. The van der Waals surface area contributed by atoms with Gasteiger partial charge in [0, 0.05) is 12.1 Å². The third-order valence-electron chi connectivity index (χ3n) is 3.95. The van der Waals surface area contributed by atoms with Gasteiger partial charge in [-0.3, -0.25) is 4.79 Å². The van der Waals surface area contributed by atoms with Gasteiger partial charge in [0.2, 0.25) is 0 Å². The van der Waals surface area contributed by atoms with E-state index in [0.717, 1.165) is 19.3 Å². The molecule has 4 unspecified atom stereocenters. The van der Waals surface area contributed by atoms with E-state index in [4.69, 9.17) is 5.11 Å². The Morgan fingerprint density at radius 3 is 2.53 bits per heavy atom. The highest BCUT2D eigenvalue weighted by Crippen LogP contribution is 2.25. The number of aliphatic carboxylic acids is 1. The van der Waals surface area contributed by atoms with E-state index in [0.29, 0.717) is 18.8 Å². The van der Waals surface area contributed by atoms with E-state index in [-0.39, 0.29) is 24.0 Å². The van der Waals surface area contributed by atoms with E-state index in [1.54, 1.807) is 0 Å². The molecule has 2 amide bonds. The van der Waals surface area contributed by atoms with Crippen molar-refractivity contribution in [1.29, 1.82) is 0 Å². The smallest absolute Gasteiger partial charge is 0.315 e. The predicted octanol–water partition coefficient (Wildman–Crippen LogP) is 2.36. The highest BCUT2D eigenvalue weighted by molar-refractivity contribution is 5.75. The van der Waals surface area contributed by atoms with E-state index >= 15 is 0 Å². The lowest BCUT2D eigenvalue weighted by Crippen LogP contribution is -2.45. The topological polar surface area (TPSA) is 78.4 Å². The number of amides is 2. The van der Waals surface area contributed by atoms with Crippen LogP contribution in [-0.2, 0) is 4.79 Å². The number of hydrogen-bond acceptors (Lipinski definition) is 2. The molecule has 1 aliphatic rings. The minimum absolute atomic E-state index is 0.00287. The molecule has 0 aromatic carbocycles. The first-order chi connectivity index (χ1) is 8.92. The van der Waals surface area contributed by atoms with Crippen molar-refractivity contribution in [2.45, 2.75) is 65.0 Å². The average Bonchev–Trinajstić information content (AvgIpc) is 2.76. The van der Waals surface area contributed by atoms with Crippen LogP contribution in [0, 0.1) is 11.8 Å². The molecule has 0 aliphatic heterocycles. The number of carbonyl (C=O) groups is 2. The lowest BCUT2D eigenvalue weighted by atomic mass is 10.0. The minimum atomic E-state index is -0.755. The van der Waals surface area contributed by atoms with Gasteiger partial charge < -0.3 is 15.7 Å².